The van der Waals surface area contributed by atoms with E-state index in [-0.39, 0.29) is 6.71 Å². The maximum Gasteiger partial charge on any atom is 0.252 e. The number of benzene rings is 5. The average molecular weight is 472 g/mol. The van der Waals surface area contributed by atoms with Crippen LogP contribution in [0.5, 0.6) is 0 Å². The second-order valence-corrected chi connectivity index (χ2v) is 11.3. The summed E-state index contributed by atoms with van der Waals surface area (Å²) in [4.78, 5) is 0. The van der Waals surface area contributed by atoms with Gasteiger partial charge in [-0.15, -0.1) is 0 Å². The predicted molar refractivity (Wildman–Crippen MR) is 159 cm³/mol. The summed E-state index contributed by atoms with van der Waals surface area (Å²) in [5, 5.41) is 5.46. The fourth-order valence-corrected chi connectivity index (χ4v) is 7.47. The molecule has 0 amide bonds. The van der Waals surface area contributed by atoms with Crippen LogP contribution in [-0.2, 0) is 0 Å². The lowest BCUT2D eigenvalue weighted by molar-refractivity contribution is 1.15. The maximum absolute atomic E-state index is 2.56. The smallest absolute Gasteiger partial charge is 0.252 e. The van der Waals surface area contributed by atoms with Gasteiger partial charge in [-0.05, 0) is 91.6 Å². The van der Waals surface area contributed by atoms with Crippen molar-refractivity contribution in [2.75, 3.05) is 0 Å². The highest BCUT2D eigenvalue weighted by atomic mass is 15.0. The SMILES string of the molecule is Cc1ccc2c(c1)-n1c3ccc(C)cc3c3ccc4c(c31)B2c1ccc(C)c2c3cc(C)ccc3n-4c12. The van der Waals surface area contributed by atoms with Gasteiger partial charge in [0.15, 0.2) is 0 Å². The monoisotopic (exact) mass is 472 g/mol. The zero-order chi connectivity index (χ0) is 24.7. The highest BCUT2D eigenvalue weighted by Crippen LogP contribution is 2.40. The fraction of sp³-hybridized carbons (Fsp3) is 0.118. The molecule has 2 nitrogen and oxygen atoms in total. The van der Waals surface area contributed by atoms with Gasteiger partial charge in [-0.1, -0.05) is 53.6 Å². The summed E-state index contributed by atoms with van der Waals surface area (Å²) in [6.45, 7) is 9.10. The van der Waals surface area contributed by atoms with E-state index in [1.165, 1.54) is 93.6 Å². The Labute approximate surface area is 215 Å². The van der Waals surface area contributed by atoms with Crippen LogP contribution < -0.4 is 16.4 Å². The van der Waals surface area contributed by atoms with Gasteiger partial charge in [-0.2, -0.15) is 0 Å². The molecule has 5 aromatic carbocycles. The minimum Gasteiger partial charge on any atom is -0.310 e. The molecule has 0 atom stereocenters. The van der Waals surface area contributed by atoms with E-state index in [9.17, 15) is 0 Å². The van der Waals surface area contributed by atoms with Crippen LogP contribution in [0.15, 0.2) is 78.9 Å². The Hall–Kier alpha value is -4.24. The van der Waals surface area contributed by atoms with Gasteiger partial charge < -0.3 is 9.13 Å². The van der Waals surface area contributed by atoms with Crippen molar-refractivity contribution in [2.24, 2.45) is 0 Å². The van der Waals surface area contributed by atoms with Crippen molar-refractivity contribution in [3.8, 4) is 11.4 Å². The zero-order valence-corrected chi connectivity index (χ0v) is 21.5. The maximum atomic E-state index is 2.56. The summed E-state index contributed by atoms with van der Waals surface area (Å²) in [5.74, 6) is 0. The van der Waals surface area contributed by atoms with E-state index in [4.69, 9.17) is 0 Å². The standard InChI is InChI=1S/C34H25BN2/c1-18-6-12-27-23(15-18)22-9-14-29-32-33(22)37(27)30-17-20(3)5-10-25(30)35(32)26-11-8-21(4)31-24-16-19(2)7-13-28(24)36(29)34(26)31/h5-17H,1-4H3. The quantitative estimate of drug-likeness (QED) is 0.231. The molecule has 9 rings (SSSR count). The highest BCUT2D eigenvalue weighted by Gasteiger charge is 2.40. The Morgan fingerprint density at radius 3 is 1.97 bits per heavy atom. The number of aryl methyl sites for hydroxylation is 4. The van der Waals surface area contributed by atoms with Crippen molar-refractivity contribution >= 4 is 66.7 Å². The van der Waals surface area contributed by atoms with Crippen molar-refractivity contribution in [1.29, 1.82) is 0 Å². The minimum absolute atomic E-state index is 0.216. The second kappa shape index (κ2) is 6.36. The van der Waals surface area contributed by atoms with Gasteiger partial charge >= 0.3 is 0 Å². The van der Waals surface area contributed by atoms with E-state index < -0.39 is 0 Å². The summed E-state index contributed by atoms with van der Waals surface area (Å²) < 4.78 is 5.11. The number of rotatable bonds is 0. The van der Waals surface area contributed by atoms with Gasteiger partial charge in [0.25, 0.3) is 6.71 Å². The Kier molecular flexibility index (Phi) is 3.42. The van der Waals surface area contributed by atoms with Crippen molar-refractivity contribution in [3.05, 3.63) is 101 Å². The molecule has 2 aliphatic heterocycles. The first-order valence-corrected chi connectivity index (χ1v) is 13.2. The molecule has 7 aromatic rings. The largest absolute Gasteiger partial charge is 0.310 e. The van der Waals surface area contributed by atoms with Crippen LogP contribution in [0.3, 0.4) is 0 Å². The summed E-state index contributed by atoms with van der Waals surface area (Å²) >= 11 is 0. The highest BCUT2D eigenvalue weighted by molar-refractivity contribution is 7.00. The van der Waals surface area contributed by atoms with Crippen LogP contribution in [0, 0.1) is 27.7 Å². The molecule has 0 fully saturated rings. The molecule has 37 heavy (non-hydrogen) atoms. The number of fused-ring (bicyclic) bond motifs is 11. The summed E-state index contributed by atoms with van der Waals surface area (Å²) in [7, 11) is 0. The molecular weight excluding hydrogens is 447 g/mol. The Morgan fingerprint density at radius 1 is 0.514 bits per heavy atom. The van der Waals surface area contributed by atoms with Crippen molar-refractivity contribution in [1.82, 2.24) is 9.13 Å². The molecule has 0 radical (unpaired) electrons. The van der Waals surface area contributed by atoms with Crippen LogP contribution >= 0.6 is 0 Å². The van der Waals surface area contributed by atoms with Gasteiger partial charge in [-0.25, -0.2) is 0 Å². The molecule has 0 aliphatic carbocycles. The fourth-order valence-electron chi connectivity index (χ4n) is 7.47. The van der Waals surface area contributed by atoms with Gasteiger partial charge in [0.05, 0.1) is 16.6 Å². The summed E-state index contributed by atoms with van der Waals surface area (Å²) in [6, 6.07) is 30.5. The van der Waals surface area contributed by atoms with Crippen molar-refractivity contribution in [3.63, 3.8) is 0 Å². The van der Waals surface area contributed by atoms with E-state index >= 15 is 0 Å². The lowest BCUT2D eigenvalue weighted by atomic mass is 9.34. The topological polar surface area (TPSA) is 9.86 Å². The van der Waals surface area contributed by atoms with Crippen LogP contribution in [0.1, 0.15) is 22.3 Å². The normalized spacial score (nSPS) is 13.4. The molecule has 0 N–H and O–H groups in total. The van der Waals surface area contributed by atoms with Gasteiger partial charge in [-0.3, -0.25) is 0 Å². The number of aromatic nitrogens is 2. The predicted octanol–water partition coefficient (Wildman–Crippen LogP) is 6.26. The molecule has 0 unspecified atom stereocenters. The van der Waals surface area contributed by atoms with E-state index in [1.807, 2.05) is 0 Å². The summed E-state index contributed by atoms with van der Waals surface area (Å²) in [6.07, 6.45) is 0. The first-order chi connectivity index (χ1) is 18.0. The van der Waals surface area contributed by atoms with E-state index in [2.05, 4.69) is 116 Å². The Balaban J connectivity index is 1.59. The number of nitrogens with zero attached hydrogens (tertiary/aromatic N) is 2. The molecule has 2 aliphatic rings. The van der Waals surface area contributed by atoms with E-state index in [0.717, 1.165) is 0 Å². The lowest BCUT2D eigenvalue weighted by Crippen LogP contribution is -2.59. The molecule has 0 saturated carbocycles. The third kappa shape index (κ3) is 2.21. The third-order valence-corrected chi connectivity index (χ3v) is 8.98. The molecule has 0 bridgehead atoms. The molecule has 2 aromatic heterocycles. The Morgan fingerprint density at radius 2 is 1.16 bits per heavy atom. The van der Waals surface area contributed by atoms with Crippen molar-refractivity contribution in [2.45, 2.75) is 27.7 Å². The number of hydrogen-bond donors (Lipinski definition) is 0. The molecule has 4 heterocycles. The second-order valence-electron chi connectivity index (χ2n) is 11.3. The molecule has 0 spiro atoms. The van der Waals surface area contributed by atoms with Gasteiger partial charge in [0.2, 0.25) is 0 Å². The number of hydrogen-bond acceptors (Lipinski definition) is 0. The zero-order valence-electron chi connectivity index (χ0n) is 21.5. The molecule has 3 heteroatoms. The van der Waals surface area contributed by atoms with Gasteiger partial charge in [0, 0.05) is 38.4 Å². The van der Waals surface area contributed by atoms with Crippen molar-refractivity contribution < 1.29 is 0 Å². The summed E-state index contributed by atoms with van der Waals surface area (Å²) in [5.41, 5.74) is 17.5. The lowest BCUT2D eigenvalue weighted by Gasteiger charge is -2.33. The van der Waals surface area contributed by atoms with Crippen LogP contribution in [0.4, 0.5) is 0 Å². The van der Waals surface area contributed by atoms with E-state index in [1.54, 1.807) is 0 Å². The van der Waals surface area contributed by atoms with Crippen LogP contribution in [-0.4, -0.2) is 15.8 Å². The van der Waals surface area contributed by atoms with Crippen LogP contribution in [0.25, 0.3) is 55.0 Å². The Bertz CT molecular complexity index is 2190. The minimum atomic E-state index is 0.216. The van der Waals surface area contributed by atoms with Crippen LogP contribution in [0.2, 0.25) is 0 Å². The molecule has 0 saturated heterocycles. The first-order valence-electron chi connectivity index (χ1n) is 13.2. The molecule has 174 valence electrons. The molecular formula is C34H25BN2. The van der Waals surface area contributed by atoms with Gasteiger partial charge in [0.1, 0.15) is 0 Å². The first kappa shape index (κ1) is 19.9. The third-order valence-electron chi connectivity index (χ3n) is 8.98. The van der Waals surface area contributed by atoms with E-state index in [0.29, 0.717) is 0 Å². The average Bonchev–Trinajstić information content (AvgIpc) is 3.40.